The summed E-state index contributed by atoms with van der Waals surface area (Å²) in [5.41, 5.74) is 1.14. The average Bonchev–Trinajstić information content (AvgIpc) is 3.07. The van der Waals surface area contributed by atoms with Crippen molar-refractivity contribution >= 4 is 5.71 Å². The van der Waals surface area contributed by atoms with E-state index in [-0.39, 0.29) is 0 Å². The number of hydrogen-bond donors (Lipinski definition) is 1. The van der Waals surface area contributed by atoms with Crippen LogP contribution in [-0.4, -0.2) is 34.4 Å². The monoisotopic (exact) mass is 262 g/mol. The summed E-state index contributed by atoms with van der Waals surface area (Å²) in [7, 11) is 0. The third kappa shape index (κ3) is 1.84. The van der Waals surface area contributed by atoms with Crippen molar-refractivity contribution < 1.29 is 5.21 Å². The molecule has 1 N–H and O–H groups in total. The maximum atomic E-state index is 9.45. The molecular weight excluding hydrogens is 236 g/mol. The first kappa shape index (κ1) is 12.2. The van der Waals surface area contributed by atoms with E-state index in [0.29, 0.717) is 12.0 Å². The van der Waals surface area contributed by atoms with Crippen LogP contribution in [0, 0.1) is 17.8 Å². The van der Waals surface area contributed by atoms with Crippen molar-refractivity contribution in [1.29, 1.82) is 0 Å². The van der Waals surface area contributed by atoms with Gasteiger partial charge >= 0.3 is 0 Å². The highest BCUT2D eigenvalue weighted by Gasteiger charge is 2.50. The molecule has 3 saturated carbocycles. The van der Waals surface area contributed by atoms with Gasteiger partial charge in [0.2, 0.25) is 0 Å². The van der Waals surface area contributed by atoms with Gasteiger partial charge in [0.1, 0.15) is 0 Å². The maximum absolute atomic E-state index is 9.45. The molecule has 3 aliphatic carbocycles. The lowest BCUT2D eigenvalue weighted by atomic mass is 9.76. The summed E-state index contributed by atoms with van der Waals surface area (Å²) in [6.45, 7) is 1.24. The molecule has 0 aromatic rings. The Hall–Kier alpha value is -0.570. The van der Waals surface area contributed by atoms with Crippen LogP contribution in [0.25, 0.3) is 0 Å². The van der Waals surface area contributed by atoms with Crippen LogP contribution in [0.1, 0.15) is 57.8 Å². The van der Waals surface area contributed by atoms with Crippen molar-refractivity contribution in [3.63, 3.8) is 0 Å². The van der Waals surface area contributed by atoms with E-state index >= 15 is 0 Å². The summed E-state index contributed by atoms with van der Waals surface area (Å²) in [6, 6.07) is 1.29. The lowest BCUT2D eigenvalue weighted by molar-refractivity contribution is 0.0305. The van der Waals surface area contributed by atoms with Crippen LogP contribution in [0.4, 0.5) is 0 Å². The van der Waals surface area contributed by atoms with Gasteiger partial charge in [0.15, 0.2) is 0 Å². The normalized spacial score (nSPS) is 48.6. The van der Waals surface area contributed by atoms with E-state index in [0.717, 1.165) is 23.6 Å². The van der Waals surface area contributed by atoms with E-state index in [4.69, 9.17) is 0 Å². The molecule has 19 heavy (non-hydrogen) atoms. The van der Waals surface area contributed by atoms with Gasteiger partial charge in [-0.2, -0.15) is 0 Å². The van der Waals surface area contributed by atoms with Crippen LogP contribution in [-0.2, 0) is 0 Å². The zero-order chi connectivity index (χ0) is 12.8. The fourth-order valence-electron chi connectivity index (χ4n) is 5.64. The molecule has 3 nitrogen and oxygen atoms in total. The lowest BCUT2D eigenvalue weighted by Crippen LogP contribution is -2.55. The Balaban J connectivity index is 1.60. The number of hydrogen-bond acceptors (Lipinski definition) is 3. The zero-order valence-electron chi connectivity index (χ0n) is 11.8. The SMILES string of the molecule is O/N=C1/[C@H]2CC[C@H](C2)[C@H]1N1CCC[C@H]2CCCC[C@@H]21. The molecule has 2 bridgehead atoms. The Kier molecular flexibility index (Phi) is 3.06. The highest BCUT2D eigenvalue weighted by atomic mass is 16.4. The highest BCUT2D eigenvalue weighted by molar-refractivity contribution is 5.94. The van der Waals surface area contributed by atoms with Crippen LogP contribution in [0.2, 0.25) is 0 Å². The number of nitrogens with zero attached hydrogens (tertiary/aromatic N) is 2. The average molecular weight is 262 g/mol. The molecule has 0 radical (unpaired) electrons. The van der Waals surface area contributed by atoms with Crippen molar-refractivity contribution in [1.82, 2.24) is 4.90 Å². The topological polar surface area (TPSA) is 35.8 Å². The summed E-state index contributed by atoms with van der Waals surface area (Å²) >= 11 is 0. The summed E-state index contributed by atoms with van der Waals surface area (Å²) in [4.78, 5) is 2.77. The minimum absolute atomic E-state index is 0.495. The predicted molar refractivity (Wildman–Crippen MR) is 75.5 cm³/mol. The standard InChI is InChI=1S/C16H26N2O/c19-17-15-12-7-8-13(10-12)16(15)18-9-3-5-11-4-1-2-6-14(11)18/h11-14,16,19H,1-10H2/b17-15-/t11-,12+,13-,14+,16-/m1/s1. The predicted octanol–water partition coefficient (Wildman–Crippen LogP) is 3.27. The molecular formula is C16H26N2O. The fourth-order valence-corrected chi connectivity index (χ4v) is 5.64. The van der Waals surface area contributed by atoms with E-state index in [2.05, 4.69) is 10.1 Å². The third-order valence-electron chi connectivity index (χ3n) is 6.40. The summed E-state index contributed by atoms with van der Waals surface area (Å²) in [6.07, 6.45) is 12.4. The number of rotatable bonds is 1. The number of likely N-dealkylation sites (tertiary alicyclic amines) is 1. The summed E-state index contributed by atoms with van der Waals surface area (Å²) in [5, 5.41) is 13.2. The molecule has 4 rings (SSSR count). The molecule has 4 aliphatic rings. The first-order chi connectivity index (χ1) is 9.38. The van der Waals surface area contributed by atoms with Crippen LogP contribution >= 0.6 is 0 Å². The second-order valence-electron chi connectivity index (χ2n) is 7.23. The Morgan fingerprint density at radius 2 is 1.79 bits per heavy atom. The largest absolute Gasteiger partial charge is 0.411 e. The molecule has 0 unspecified atom stereocenters. The van der Waals surface area contributed by atoms with Gasteiger partial charge in [-0.1, -0.05) is 18.0 Å². The Morgan fingerprint density at radius 1 is 0.947 bits per heavy atom. The van der Waals surface area contributed by atoms with Gasteiger partial charge < -0.3 is 5.21 Å². The maximum Gasteiger partial charge on any atom is 0.0775 e. The molecule has 0 amide bonds. The smallest absolute Gasteiger partial charge is 0.0775 e. The lowest BCUT2D eigenvalue weighted by Gasteiger charge is -2.48. The second kappa shape index (κ2) is 4.76. The van der Waals surface area contributed by atoms with Gasteiger partial charge in [-0.3, -0.25) is 4.90 Å². The number of fused-ring (bicyclic) bond motifs is 3. The minimum Gasteiger partial charge on any atom is -0.411 e. The van der Waals surface area contributed by atoms with E-state index in [1.165, 1.54) is 64.3 Å². The molecule has 4 fully saturated rings. The van der Waals surface area contributed by atoms with E-state index in [1.807, 2.05) is 0 Å². The van der Waals surface area contributed by atoms with E-state index in [9.17, 15) is 5.21 Å². The molecule has 0 spiro atoms. The second-order valence-corrected chi connectivity index (χ2v) is 7.23. The molecule has 1 aliphatic heterocycles. The van der Waals surface area contributed by atoms with Crippen LogP contribution in [0.3, 0.4) is 0 Å². The molecule has 1 heterocycles. The van der Waals surface area contributed by atoms with Gasteiger partial charge in [0, 0.05) is 12.0 Å². The Bertz CT molecular complexity index is 379. The third-order valence-corrected chi connectivity index (χ3v) is 6.40. The van der Waals surface area contributed by atoms with Gasteiger partial charge in [-0.25, -0.2) is 0 Å². The molecule has 5 atom stereocenters. The van der Waals surface area contributed by atoms with Crippen molar-refractivity contribution in [3.05, 3.63) is 0 Å². The first-order valence-electron chi connectivity index (χ1n) is 8.36. The Morgan fingerprint density at radius 3 is 2.68 bits per heavy atom. The van der Waals surface area contributed by atoms with E-state index < -0.39 is 0 Å². The van der Waals surface area contributed by atoms with Gasteiger partial charge in [-0.15, -0.1) is 0 Å². The summed E-state index contributed by atoms with van der Waals surface area (Å²) in [5.74, 6) is 2.32. The molecule has 0 aromatic carbocycles. The van der Waals surface area contributed by atoms with E-state index in [1.54, 1.807) is 0 Å². The first-order valence-corrected chi connectivity index (χ1v) is 8.36. The van der Waals surface area contributed by atoms with Crippen molar-refractivity contribution in [2.45, 2.75) is 69.9 Å². The van der Waals surface area contributed by atoms with Gasteiger partial charge in [0.25, 0.3) is 0 Å². The Labute approximate surface area is 116 Å². The molecule has 3 heteroatoms. The molecule has 0 aromatic heterocycles. The van der Waals surface area contributed by atoms with Crippen LogP contribution in [0.15, 0.2) is 5.16 Å². The van der Waals surface area contributed by atoms with Crippen molar-refractivity contribution in [2.75, 3.05) is 6.54 Å². The van der Waals surface area contributed by atoms with Gasteiger partial charge in [-0.05, 0) is 63.3 Å². The van der Waals surface area contributed by atoms with Crippen LogP contribution in [0.5, 0.6) is 0 Å². The molecule has 1 saturated heterocycles. The number of piperidine rings is 1. The minimum atomic E-state index is 0.495. The van der Waals surface area contributed by atoms with Crippen molar-refractivity contribution in [2.24, 2.45) is 22.9 Å². The number of oxime groups is 1. The fraction of sp³-hybridized carbons (Fsp3) is 0.938. The molecule has 106 valence electrons. The zero-order valence-corrected chi connectivity index (χ0v) is 11.8. The van der Waals surface area contributed by atoms with Gasteiger partial charge in [0.05, 0.1) is 11.8 Å². The highest BCUT2D eigenvalue weighted by Crippen LogP contribution is 2.48. The van der Waals surface area contributed by atoms with Crippen molar-refractivity contribution in [3.8, 4) is 0 Å². The summed E-state index contributed by atoms with van der Waals surface area (Å²) < 4.78 is 0. The van der Waals surface area contributed by atoms with Crippen LogP contribution < -0.4 is 0 Å². The quantitative estimate of drug-likeness (QED) is 0.581.